The van der Waals surface area contributed by atoms with Gasteiger partial charge < -0.3 is 9.47 Å². The minimum absolute atomic E-state index is 0.0522. The van der Waals surface area contributed by atoms with E-state index in [1.807, 2.05) is 0 Å². The summed E-state index contributed by atoms with van der Waals surface area (Å²) in [5.74, 6) is 7.18. The average molecular weight is 1350 g/mol. The average Bonchev–Trinajstić information content (AvgIpc) is 1.07. The zero-order chi connectivity index (χ0) is 66.4. The summed E-state index contributed by atoms with van der Waals surface area (Å²) in [5.41, 5.74) is 0. The summed E-state index contributed by atoms with van der Waals surface area (Å²) < 4.78 is 13.2. The second-order valence-electron chi connectivity index (χ2n) is 27.9. The normalized spacial score (nSPS) is 12.5. The van der Waals surface area contributed by atoms with Crippen LogP contribution in [-0.2, 0) is 32.7 Å². The van der Waals surface area contributed by atoms with Crippen LogP contribution in [0.1, 0.15) is 329 Å². The Morgan fingerprint density at radius 3 is 0.484 bits per heavy atom. The standard InChI is InChI=1S/C90H137O2S3/c1-4-7-10-13-16-19-22-25-28-31-34-37-40-43-46-55-78-93(85-58-51-49-52-59-85)87-70-62-81(63-71-87)91-83-66-74-89(75-67-83)95(80-57-48-45-42-39-36-33-30-27-24-21-18-15-12-9-6-3)90-76-68-84(69-77-90)92-82-64-72-88(73-65-82)94(86-60-53-50-54-61-86)79-56-47-44-41-38-35-32-29-26-23-20-17-14-11-8-5-2/h49-54,58-77H,4-48,55-57,78-80H2,1-3H3/q+3. The second kappa shape index (κ2) is 54.8. The van der Waals surface area contributed by atoms with E-state index in [9.17, 15) is 0 Å². The number of benzene rings is 6. The van der Waals surface area contributed by atoms with Gasteiger partial charge in [-0.15, -0.1) is 0 Å². The molecule has 2 atom stereocenters. The number of hydrogen-bond acceptors (Lipinski definition) is 2. The van der Waals surface area contributed by atoms with Gasteiger partial charge in [-0.2, -0.15) is 0 Å². The Bertz CT molecular complexity index is 2490. The third-order valence-electron chi connectivity index (χ3n) is 19.6. The first-order chi connectivity index (χ1) is 47.1. The molecule has 0 fully saturated rings. The molecule has 95 heavy (non-hydrogen) atoms. The lowest BCUT2D eigenvalue weighted by Gasteiger charge is -2.12. The molecule has 5 heteroatoms. The van der Waals surface area contributed by atoms with Crippen molar-refractivity contribution in [3.63, 3.8) is 0 Å². The van der Waals surface area contributed by atoms with Crippen LogP contribution in [0.4, 0.5) is 0 Å². The molecule has 6 rings (SSSR count). The molecule has 6 aromatic carbocycles. The Hall–Kier alpha value is -4.03. The fraction of sp³-hybridized carbons (Fsp3) is 0.600. The molecule has 0 aliphatic carbocycles. The van der Waals surface area contributed by atoms with Gasteiger partial charge in [0.1, 0.15) is 40.3 Å². The van der Waals surface area contributed by atoms with Crippen LogP contribution in [0.3, 0.4) is 0 Å². The van der Waals surface area contributed by atoms with Crippen molar-refractivity contribution in [1.29, 1.82) is 0 Å². The Balaban J connectivity index is 0.979. The molecule has 6 aromatic rings. The molecular formula is C90H137O2S3+3. The van der Waals surface area contributed by atoms with E-state index in [-0.39, 0.29) is 32.7 Å². The number of ether oxygens (including phenoxy) is 2. The van der Waals surface area contributed by atoms with Crippen LogP contribution in [0.25, 0.3) is 0 Å². The molecule has 524 valence electrons. The van der Waals surface area contributed by atoms with Gasteiger partial charge in [-0.3, -0.25) is 0 Å². The number of hydrogen-bond donors (Lipinski definition) is 0. The summed E-state index contributed by atoms with van der Waals surface area (Å²) in [7, 11) is 0.0438. The summed E-state index contributed by atoms with van der Waals surface area (Å²) >= 11 is 0. The smallest absolute Gasteiger partial charge is 0.160 e. The Kier molecular flexibility index (Phi) is 46.1. The van der Waals surface area contributed by atoms with Crippen molar-refractivity contribution in [2.75, 3.05) is 17.3 Å². The van der Waals surface area contributed by atoms with Gasteiger partial charge in [0.25, 0.3) is 0 Å². The molecule has 0 spiro atoms. The summed E-state index contributed by atoms with van der Waals surface area (Å²) in [4.78, 5) is 8.48. The van der Waals surface area contributed by atoms with Crippen molar-refractivity contribution >= 4 is 32.7 Å². The Labute approximate surface area is 594 Å². The molecule has 2 nitrogen and oxygen atoms in total. The van der Waals surface area contributed by atoms with Crippen molar-refractivity contribution in [1.82, 2.24) is 0 Å². The minimum atomic E-state index is -0.0606. The van der Waals surface area contributed by atoms with E-state index in [1.54, 1.807) is 0 Å². The zero-order valence-corrected chi connectivity index (χ0v) is 63.6. The predicted molar refractivity (Wildman–Crippen MR) is 424 cm³/mol. The van der Waals surface area contributed by atoms with Gasteiger partial charge in [0, 0.05) is 0 Å². The SMILES string of the molecule is CCCCCCCCCCCCCCCCCC[S+](c1ccccc1)c1ccc(Oc2ccc([S+](CCCCCCCCCCCCCCCCCC)c3ccc(Oc4ccc([S+](CCCCCCCCCCCCCCCCCC)c5ccccc5)cc4)cc3)cc2)cc1. The molecule has 0 radical (unpaired) electrons. The van der Waals surface area contributed by atoms with Crippen molar-refractivity contribution in [2.45, 2.75) is 358 Å². The van der Waals surface area contributed by atoms with Crippen molar-refractivity contribution < 1.29 is 9.47 Å². The fourth-order valence-corrected chi connectivity index (χ4v) is 20.2. The summed E-state index contributed by atoms with van der Waals surface area (Å²) in [6.45, 7) is 6.93. The van der Waals surface area contributed by atoms with Crippen LogP contribution in [0.5, 0.6) is 23.0 Å². The highest BCUT2D eigenvalue weighted by molar-refractivity contribution is 7.97. The molecule has 0 aromatic heterocycles. The van der Waals surface area contributed by atoms with Crippen molar-refractivity contribution in [2.24, 2.45) is 0 Å². The molecule has 2 unspecified atom stereocenters. The summed E-state index contributed by atoms with van der Waals surface area (Å²) in [6, 6.07) is 58.7. The summed E-state index contributed by atoms with van der Waals surface area (Å²) in [6.07, 6.45) is 67.2. The molecule has 0 aliphatic rings. The molecule has 0 saturated carbocycles. The topological polar surface area (TPSA) is 18.5 Å². The molecule has 0 saturated heterocycles. The highest BCUT2D eigenvalue weighted by Crippen LogP contribution is 2.34. The van der Waals surface area contributed by atoms with Gasteiger partial charge in [-0.1, -0.05) is 327 Å². The third-order valence-corrected chi connectivity index (χ3v) is 26.7. The molecule has 0 amide bonds. The quantitative estimate of drug-likeness (QED) is 0.0280. The summed E-state index contributed by atoms with van der Waals surface area (Å²) in [5, 5.41) is 0. The van der Waals surface area contributed by atoms with E-state index in [4.69, 9.17) is 9.47 Å². The van der Waals surface area contributed by atoms with Gasteiger partial charge in [0.2, 0.25) is 0 Å². The molecule has 0 aliphatic heterocycles. The Morgan fingerprint density at radius 2 is 0.316 bits per heavy atom. The van der Waals surface area contributed by atoms with E-state index in [2.05, 4.69) is 178 Å². The maximum atomic E-state index is 6.61. The van der Waals surface area contributed by atoms with Crippen LogP contribution in [0, 0.1) is 0 Å². The highest BCUT2D eigenvalue weighted by atomic mass is 32.2. The second-order valence-corrected chi connectivity index (χ2v) is 34.3. The molecule has 0 bridgehead atoms. The first-order valence-corrected chi connectivity index (χ1v) is 44.3. The molecule has 0 N–H and O–H groups in total. The number of unbranched alkanes of at least 4 members (excludes halogenated alkanes) is 45. The maximum absolute atomic E-state index is 6.61. The van der Waals surface area contributed by atoms with Gasteiger partial charge in [0.15, 0.2) is 29.4 Å². The minimum Gasteiger partial charge on any atom is -0.457 e. The lowest BCUT2D eigenvalue weighted by Crippen LogP contribution is -2.09. The maximum Gasteiger partial charge on any atom is 0.160 e. The molecular weight excluding hydrogens is 1210 g/mol. The van der Waals surface area contributed by atoms with E-state index in [0.717, 1.165) is 28.8 Å². The van der Waals surface area contributed by atoms with Crippen LogP contribution in [0.15, 0.2) is 187 Å². The van der Waals surface area contributed by atoms with Crippen LogP contribution in [0.2, 0.25) is 0 Å². The van der Waals surface area contributed by atoms with Crippen molar-refractivity contribution in [3.8, 4) is 23.0 Å². The van der Waals surface area contributed by atoms with Gasteiger partial charge in [-0.25, -0.2) is 0 Å². The third kappa shape index (κ3) is 36.6. The Morgan fingerprint density at radius 1 is 0.168 bits per heavy atom. The van der Waals surface area contributed by atoms with Crippen LogP contribution < -0.4 is 9.47 Å². The largest absolute Gasteiger partial charge is 0.457 e. The first kappa shape index (κ1) is 80.0. The first-order valence-electron chi connectivity index (χ1n) is 40.1. The predicted octanol–water partition coefficient (Wildman–Crippen LogP) is 30.2. The zero-order valence-electron chi connectivity index (χ0n) is 61.1. The van der Waals surface area contributed by atoms with Gasteiger partial charge in [0.05, 0.1) is 32.7 Å². The van der Waals surface area contributed by atoms with E-state index in [0.29, 0.717) is 0 Å². The van der Waals surface area contributed by atoms with Crippen molar-refractivity contribution in [3.05, 3.63) is 158 Å². The number of rotatable bonds is 61. The van der Waals surface area contributed by atoms with Crippen LogP contribution in [-0.4, -0.2) is 17.3 Å². The fourth-order valence-electron chi connectivity index (χ4n) is 13.6. The van der Waals surface area contributed by atoms with Gasteiger partial charge >= 0.3 is 0 Å². The lowest BCUT2D eigenvalue weighted by molar-refractivity contribution is 0.481. The lowest BCUT2D eigenvalue weighted by atomic mass is 10.0. The molecule has 0 heterocycles. The highest BCUT2D eigenvalue weighted by Gasteiger charge is 2.28. The van der Waals surface area contributed by atoms with Crippen LogP contribution >= 0.6 is 0 Å². The van der Waals surface area contributed by atoms with E-state index < -0.39 is 0 Å². The monoisotopic (exact) mass is 1350 g/mol. The van der Waals surface area contributed by atoms with E-state index >= 15 is 0 Å². The van der Waals surface area contributed by atoms with Gasteiger partial charge in [-0.05, 0) is 160 Å². The van der Waals surface area contributed by atoms with E-state index in [1.165, 1.54) is 349 Å².